The van der Waals surface area contributed by atoms with Crippen LogP contribution >= 0.6 is 0 Å². The van der Waals surface area contributed by atoms with Gasteiger partial charge in [0.15, 0.2) is 5.96 Å². The van der Waals surface area contributed by atoms with Gasteiger partial charge in [-0.15, -0.1) is 0 Å². The minimum absolute atomic E-state index is 0.0742. The number of rotatable bonds is 4. The zero-order chi connectivity index (χ0) is 20.1. The quantitative estimate of drug-likeness (QED) is 0.612. The van der Waals surface area contributed by atoms with E-state index in [1.54, 1.807) is 7.05 Å². The summed E-state index contributed by atoms with van der Waals surface area (Å²) in [4.78, 5) is 18.5. The number of fused-ring (bicyclic) bond motifs is 1. The lowest BCUT2D eigenvalue weighted by atomic mass is 10.1. The molecule has 1 aromatic carbocycles. The lowest BCUT2D eigenvalue weighted by Crippen LogP contribution is -2.44. The first-order valence-electron chi connectivity index (χ1n) is 10.0. The van der Waals surface area contributed by atoms with Crippen LogP contribution in [0.3, 0.4) is 0 Å². The van der Waals surface area contributed by atoms with Crippen LogP contribution in [0.4, 0.5) is 4.79 Å². The summed E-state index contributed by atoms with van der Waals surface area (Å²) in [6.07, 6.45) is 2.45. The van der Waals surface area contributed by atoms with Gasteiger partial charge >= 0.3 is 6.09 Å². The molecule has 0 unspecified atom stereocenters. The van der Waals surface area contributed by atoms with Gasteiger partial charge in [0.25, 0.3) is 0 Å². The fourth-order valence-corrected chi connectivity index (χ4v) is 3.59. The van der Waals surface area contributed by atoms with Crippen molar-refractivity contribution in [3.05, 3.63) is 29.3 Å². The Kier molecular flexibility index (Phi) is 6.31. The number of guanidine groups is 1. The van der Waals surface area contributed by atoms with Crippen LogP contribution in [0.15, 0.2) is 23.2 Å². The zero-order valence-electron chi connectivity index (χ0n) is 17.4. The molecule has 1 fully saturated rings. The molecular weight excluding hydrogens is 356 g/mol. The summed E-state index contributed by atoms with van der Waals surface area (Å²) in [5, 5.41) is 6.39. The molecule has 154 valence electrons. The number of nitrogens with one attached hydrogen (secondary N) is 2. The topological polar surface area (TPSA) is 75.2 Å². The number of benzene rings is 1. The molecular formula is C21H32N4O3. The Morgan fingerprint density at radius 3 is 2.96 bits per heavy atom. The summed E-state index contributed by atoms with van der Waals surface area (Å²) in [7, 11) is 1.80. The summed E-state index contributed by atoms with van der Waals surface area (Å²) < 4.78 is 10.9. The maximum absolute atomic E-state index is 12.0. The van der Waals surface area contributed by atoms with E-state index in [4.69, 9.17) is 9.47 Å². The maximum atomic E-state index is 12.0. The van der Waals surface area contributed by atoms with Crippen molar-refractivity contribution >= 4 is 12.1 Å². The second-order valence-corrected chi connectivity index (χ2v) is 8.34. The molecule has 0 aromatic heterocycles. The predicted molar refractivity (Wildman–Crippen MR) is 110 cm³/mol. The fourth-order valence-electron chi connectivity index (χ4n) is 3.59. The van der Waals surface area contributed by atoms with Crippen molar-refractivity contribution < 1.29 is 14.3 Å². The van der Waals surface area contributed by atoms with Crippen molar-refractivity contribution in [2.45, 2.75) is 51.7 Å². The van der Waals surface area contributed by atoms with Crippen LogP contribution in [0.1, 0.15) is 38.3 Å². The SMILES string of the molecule is CN=C(NCCc1ccc2c(c1)CCO2)N1CC[C@@H](NC(=O)OC(C)(C)C)C1. The standard InChI is InChI=1S/C21H32N4O3/c1-21(2,3)28-20(26)24-17-8-11-25(14-17)19(22-4)23-10-7-15-5-6-18-16(13-15)9-12-27-18/h5-6,13,17H,7-12,14H2,1-4H3,(H,22,23)(H,24,26)/t17-/m1/s1. The highest BCUT2D eigenvalue weighted by molar-refractivity contribution is 5.80. The number of alkyl carbamates (subject to hydrolysis) is 1. The second kappa shape index (κ2) is 8.71. The number of aliphatic imine (C=N–C) groups is 1. The highest BCUT2D eigenvalue weighted by Gasteiger charge is 2.27. The minimum atomic E-state index is -0.482. The van der Waals surface area contributed by atoms with E-state index < -0.39 is 5.60 Å². The largest absolute Gasteiger partial charge is 0.493 e. The van der Waals surface area contributed by atoms with Crippen LogP contribution in [0.2, 0.25) is 0 Å². The molecule has 3 rings (SSSR count). The first-order chi connectivity index (χ1) is 13.3. The summed E-state index contributed by atoms with van der Waals surface area (Å²) >= 11 is 0. The van der Waals surface area contributed by atoms with Crippen LogP contribution in [-0.2, 0) is 17.6 Å². The third-order valence-electron chi connectivity index (χ3n) is 4.87. The van der Waals surface area contributed by atoms with E-state index in [-0.39, 0.29) is 12.1 Å². The van der Waals surface area contributed by atoms with Crippen LogP contribution in [0.25, 0.3) is 0 Å². The van der Waals surface area contributed by atoms with Crippen molar-refractivity contribution in [2.75, 3.05) is 33.3 Å². The molecule has 2 heterocycles. The van der Waals surface area contributed by atoms with Crippen LogP contribution in [0.5, 0.6) is 5.75 Å². The molecule has 1 atom stereocenters. The van der Waals surface area contributed by atoms with Gasteiger partial charge in [0.2, 0.25) is 0 Å². The minimum Gasteiger partial charge on any atom is -0.493 e. The zero-order valence-corrected chi connectivity index (χ0v) is 17.4. The van der Waals surface area contributed by atoms with Crippen LogP contribution in [-0.4, -0.2) is 61.9 Å². The molecule has 2 N–H and O–H groups in total. The summed E-state index contributed by atoms with van der Waals surface area (Å²) in [6.45, 7) is 8.80. The first kappa shape index (κ1) is 20.3. The maximum Gasteiger partial charge on any atom is 0.407 e. The molecule has 7 nitrogen and oxygen atoms in total. The number of hydrogen-bond acceptors (Lipinski definition) is 4. The number of likely N-dealkylation sites (tertiary alicyclic amines) is 1. The molecule has 7 heteroatoms. The predicted octanol–water partition coefficient (Wildman–Crippen LogP) is 2.34. The van der Waals surface area contributed by atoms with Gasteiger partial charge < -0.3 is 25.0 Å². The normalized spacial score (nSPS) is 19.2. The molecule has 0 aliphatic carbocycles. The van der Waals surface area contributed by atoms with Crippen molar-refractivity contribution in [3.8, 4) is 5.75 Å². The lowest BCUT2D eigenvalue weighted by Gasteiger charge is -2.23. The first-order valence-corrected chi connectivity index (χ1v) is 10.0. The monoisotopic (exact) mass is 388 g/mol. The van der Waals surface area contributed by atoms with Crippen LogP contribution < -0.4 is 15.4 Å². The third kappa shape index (κ3) is 5.53. The van der Waals surface area contributed by atoms with Gasteiger partial charge in [0.05, 0.1) is 12.6 Å². The van der Waals surface area contributed by atoms with Gasteiger partial charge in [-0.2, -0.15) is 0 Å². The molecule has 0 bridgehead atoms. The van der Waals surface area contributed by atoms with E-state index in [9.17, 15) is 4.79 Å². The molecule has 1 saturated heterocycles. The Labute approximate surface area is 167 Å². The van der Waals surface area contributed by atoms with Gasteiger partial charge in [0.1, 0.15) is 11.4 Å². The van der Waals surface area contributed by atoms with Gasteiger partial charge in [-0.05, 0) is 50.8 Å². The van der Waals surface area contributed by atoms with E-state index in [0.29, 0.717) is 0 Å². The van der Waals surface area contributed by atoms with Crippen LogP contribution in [0, 0.1) is 0 Å². The average Bonchev–Trinajstić information content (AvgIpc) is 3.25. The van der Waals surface area contributed by atoms with Gasteiger partial charge in [-0.3, -0.25) is 4.99 Å². The molecule has 0 saturated carbocycles. The fraction of sp³-hybridized carbons (Fsp3) is 0.619. The number of nitrogens with zero attached hydrogens (tertiary/aromatic N) is 2. The number of ether oxygens (including phenoxy) is 2. The third-order valence-corrected chi connectivity index (χ3v) is 4.87. The van der Waals surface area contributed by atoms with Gasteiger partial charge in [-0.25, -0.2) is 4.79 Å². The molecule has 1 aromatic rings. The number of amides is 1. The van der Waals surface area contributed by atoms with Crippen molar-refractivity contribution in [1.82, 2.24) is 15.5 Å². The molecule has 2 aliphatic heterocycles. The Bertz CT molecular complexity index is 727. The van der Waals surface area contributed by atoms with Crippen molar-refractivity contribution in [3.63, 3.8) is 0 Å². The highest BCUT2D eigenvalue weighted by atomic mass is 16.6. The number of carbonyl (C=O) groups is 1. The Morgan fingerprint density at radius 1 is 1.39 bits per heavy atom. The van der Waals surface area contributed by atoms with Crippen molar-refractivity contribution in [2.24, 2.45) is 4.99 Å². The van der Waals surface area contributed by atoms with Gasteiger partial charge in [-0.1, -0.05) is 12.1 Å². The molecule has 1 amide bonds. The van der Waals surface area contributed by atoms with Gasteiger partial charge in [0, 0.05) is 33.1 Å². The van der Waals surface area contributed by atoms with E-state index in [0.717, 1.165) is 57.2 Å². The summed E-state index contributed by atoms with van der Waals surface area (Å²) in [6, 6.07) is 6.51. The number of carbonyl (C=O) groups excluding carboxylic acids is 1. The van der Waals surface area contributed by atoms with Crippen molar-refractivity contribution in [1.29, 1.82) is 0 Å². The van der Waals surface area contributed by atoms with E-state index in [1.807, 2.05) is 20.8 Å². The molecule has 2 aliphatic rings. The number of hydrogen-bond donors (Lipinski definition) is 2. The smallest absolute Gasteiger partial charge is 0.407 e. The lowest BCUT2D eigenvalue weighted by molar-refractivity contribution is 0.0507. The van der Waals surface area contributed by atoms with E-state index >= 15 is 0 Å². The summed E-state index contributed by atoms with van der Waals surface area (Å²) in [5.41, 5.74) is 2.12. The molecule has 0 radical (unpaired) electrons. The Morgan fingerprint density at radius 2 is 2.21 bits per heavy atom. The average molecular weight is 389 g/mol. The van der Waals surface area contributed by atoms with E-state index in [2.05, 4.69) is 38.7 Å². The molecule has 0 spiro atoms. The highest BCUT2D eigenvalue weighted by Crippen LogP contribution is 2.25. The second-order valence-electron chi connectivity index (χ2n) is 8.34. The molecule has 28 heavy (non-hydrogen) atoms. The summed E-state index contributed by atoms with van der Waals surface area (Å²) in [5.74, 6) is 1.89. The Hall–Kier alpha value is -2.44. The van der Waals surface area contributed by atoms with E-state index in [1.165, 1.54) is 11.1 Å². The Balaban J connectivity index is 1.43.